The Kier molecular flexibility index (Phi) is 17.8. The minimum absolute atomic E-state index is 0.0753. The van der Waals surface area contributed by atoms with Gasteiger partial charge < -0.3 is 10.5 Å². The summed E-state index contributed by atoms with van der Waals surface area (Å²) in [6.45, 7) is 8.84. The standard InChI is InChI=1S/C19H31NO2.C8H11N/c1-6-9-11-12-17(4)16-20(19(21)8-3)18(13-10-7-2)14-15-22-5;9-7-6-8-4-2-1-3-5-8/h7,10,13-16H,6,8-9,11-12H2,1-5H3;1-5H,6-7,9H2/b10-7-,15-14+,17-16?,18-13+;. The molecule has 1 rings (SSSR count). The molecular formula is C27H42N2O2. The zero-order chi connectivity index (χ0) is 23.3. The Hall–Kier alpha value is -2.59. The molecule has 31 heavy (non-hydrogen) atoms. The Balaban J connectivity index is 0.000000823. The summed E-state index contributed by atoms with van der Waals surface area (Å²) < 4.78 is 5.00. The molecule has 0 saturated heterocycles. The molecule has 172 valence electrons. The number of hydrogen-bond acceptors (Lipinski definition) is 3. The van der Waals surface area contributed by atoms with Crippen LogP contribution in [0.3, 0.4) is 0 Å². The molecule has 1 amide bonds. The van der Waals surface area contributed by atoms with Crippen LogP contribution in [0, 0.1) is 0 Å². The Bertz CT molecular complexity index is 703. The van der Waals surface area contributed by atoms with Gasteiger partial charge in [-0.1, -0.05) is 74.7 Å². The molecule has 0 aromatic heterocycles. The van der Waals surface area contributed by atoms with E-state index in [9.17, 15) is 4.79 Å². The van der Waals surface area contributed by atoms with Crippen LogP contribution < -0.4 is 5.73 Å². The van der Waals surface area contributed by atoms with Gasteiger partial charge in [0.05, 0.1) is 19.1 Å². The zero-order valence-corrected chi connectivity index (χ0v) is 20.1. The molecule has 0 aliphatic carbocycles. The Labute approximate surface area is 190 Å². The number of unbranched alkanes of at least 4 members (excludes halogenated alkanes) is 2. The molecule has 0 atom stereocenters. The maximum Gasteiger partial charge on any atom is 0.230 e. The summed E-state index contributed by atoms with van der Waals surface area (Å²) in [4.78, 5) is 14.0. The molecule has 4 heteroatoms. The van der Waals surface area contributed by atoms with Crippen molar-refractivity contribution in [1.29, 1.82) is 0 Å². The Morgan fingerprint density at radius 2 is 1.87 bits per heavy atom. The number of nitrogens with two attached hydrogens (primary N) is 1. The van der Waals surface area contributed by atoms with Crippen molar-refractivity contribution >= 4 is 5.91 Å². The average molecular weight is 427 g/mol. The lowest BCUT2D eigenvalue weighted by atomic mass is 10.1. The number of carbonyl (C=O) groups is 1. The lowest BCUT2D eigenvalue weighted by Gasteiger charge is -2.20. The molecule has 0 aliphatic rings. The van der Waals surface area contributed by atoms with E-state index in [1.54, 1.807) is 18.3 Å². The van der Waals surface area contributed by atoms with Gasteiger partial charge in [0.1, 0.15) is 0 Å². The highest BCUT2D eigenvalue weighted by Crippen LogP contribution is 2.16. The quantitative estimate of drug-likeness (QED) is 0.235. The van der Waals surface area contributed by atoms with E-state index < -0.39 is 0 Å². The molecule has 1 aromatic rings. The van der Waals surface area contributed by atoms with Crippen LogP contribution in [0.2, 0.25) is 0 Å². The fourth-order valence-corrected chi connectivity index (χ4v) is 2.76. The van der Waals surface area contributed by atoms with Crippen LogP contribution >= 0.6 is 0 Å². The van der Waals surface area contributed by atoms with E-state index in [2.05, 4.69) is 26.0 Å². The Morgan fingerprint density at radius 3 is 2.42 bits per heavy atom. The smallest absolute Gasteiger partial charge is 0.230 e. The number of methoxy groups -OCH3 is 1. The summed E-state index contributed by atoms with van der Waals surface area (Å²) in [6.07, 6.45) is 17.2. The van der Waals surface area contributed by atoms with Crippen LogP contribution in [0.1, 0.15) is 65.4 Å². The van der Waals surface area contributed by atoms with Crippen LogP contribution in [0.4, 0.5) is 0 Å². The number of nitrogens with zero attached hydrogens (tertiary/aromatic N) is 1. The Morgan fingerprint density at radius 1 is 1.16 bits per heavy atom. The predicted octanol–water partition coefficient (Wildman–Crippen LogP) is 6.52. The molecule has 0 radical (unpaired) electrons. The van der Waals surface area contributed by atoms with Crippen molar-refractivity contribution in [1.82, 2.24) is 4.90 Å². The highest BCUT2D eigenvalue weighted by atomic mass is 16.5. The molecule has 0 saturated carbocycles. The van der Waals surface area contributed by atoms with Gasteiger partial charge in [-0.25, -0.2) is 0 Å². The van der Waals surface area contributed by atoms with Gasteiger partial charge in [-0.15, -0.1) is 0 Å². The van der Waals surface area contributed by atoms with Gasteiger partial charge >= 0.3 is 0 Å². The van der Waals surface area contributed by atoms with Gasteiger partial charge in [0.2, 0.25) is 5.91 Å². The second kappa shape index (κ2) is 19.4. The topological polar surface area (TPSA) is 55.6 Å². The molecule has 0 unspecified atom stereocenters. The minimum atomic E-state index is 0.0753. The van der Waals surface area contributed by atoms with Crippen molar-refractivity contribution in [2.45, 2.75) is 66.2 Å². The van der Waals surface area contributed by atoms with Gasteiger partial charge in [0.15, 0.2) is 0 Å². The maximum atomic E-state index is 12.3. The highest BCUT2D eigenvalue weighted by molar-refractivity contribution is 5.79. The molecule has 2 N–H and O–H groups in total. The monoisotopic (exact) mass is 426 g/mol. The predicted molar refractivity (Wildman–Crippen MR) is 133 cm³/mol. The van der Waals surface area contributed by atoms with Crippen molar-refractivity contribution in [3.05, 3.63) is 83.9 Å². The van der Waals surface area contributed by atoms with E-state index in [-0.39, 0.29) is 5.91 Å². The first-order chi connectivity index (χ1) is 15.0. The minimum Gasteiger partial charge on any atom is -0.504 e. The second-order valence-corrected chi connectivity index (χ2v) is 7.23. The number of benzene rings is 1. The summed E-state index contributed by atoms with van der Waals surface area (Å²) >= 11 is 0. The van der Waals surface area contributed by atoms with E-state index in [4.69, 9.17) is 10.5 Å². The maximum absolute atomic E-state index is 12.3. The van der Waals surface area contributed by atoms with Gasteiger partial charge in [-0.3, -0.25) is 9.69 Å². The molecule has 0 aliphatic heterocycles. The molecular weight excluding hydrogens is 384 g/mol. The number of rotatable bonds is 12. The second-order valence-electron chi connectivity index (χ2n) is 7.23. The summed E-state index contributed by atoms with van der Waals surface area (Å²) in [5.41, 5.74) is 8.70. The van der Waals surface area contributed by atoms with Crippen LogP contribution in [-0.2, 0) is 16.0 Å². The van der Waals surface area contributed by atoms with Crippen LogP contribution in [-0.4, -0.2) is 24.5 Å². The number of ether oxygens (including phenoxy) is 1. The van der Waals surface area contributed by atoms with Crippen molar-refractivity contribution in [3.63, 3.8) is 0 Å². The first-order valence-corrected chi connectivity index (χ1v) is 11.3. The first-order valence-electron chi connectivity index (χ1n) is 11.3. The largest absolute Gasteiger partial charge is 0.504 e. The normalized spacial score (nSPS) is 12.1. The van der Waals surface area contributed by atoms with E-state index in [1.165, 1.54) is 24.0 Å². The molecule has 0 heterocycles. The van der Waals surface area contributed by atoms with Gasteiger partial charge in [-0.05, 0) is 57.4 Å². The molecule has 0 bridgehead atoms. The summed E-state index contributed by atoms with van der Waals surface area (Å²) in [7, 11) is 1.60. The zero-order valence-electron chi connectivity index (χ0n) is 20.1. The summed E-state index contributed by atoms with van der Waals surface area (Å²) in [5, 5.41) is 0. The van der Waals surface area contributed by atoms with Crippen LogP contribution in [0.25, 0.3) is 0 Å². The molecule has 0 spiro atoms. The lowest BCUT2D eigenvalue weighted by molar-refractivity contribution is -0.126. The van der Waals surface area contributed by atoms with E-state index >= 15 is 0 Å². The molecule has 1 aromatic carbocycles. The average Bonchev–Trinajstić information content (AvgIpc) is 2.79. The van der Waals surface area contributed by atoms with E-state index in [0.29, 0.717) is 6.42 Å². The third kappa shape index (κ3) is 14.1. The number of carbonyl (C=O) groups excluding carboxylic acids is 1. The van der Waals surface area contributed by atoms with Crippen molar-refractivity contribution in [2.24, 2.45) is 5.73 Å². The third-order valence-electron chi connectivity index (χ3n) is 4.48. The highest BCUT2D eigenvalue weighted by Gasteiger charge is 2.12. The van der Waals surface area contributed by atoms with E-state index in [0.717, 1.165) is 31.5 Å². The number of allylic oxidation sites excluding steroid dienone is 5. The number of amides is 1. The van der Waals surface area contributed by atoms with E-state index in [1.807, 2.05) is 62.6 Å². The SMILES string of the molecule is C\C=C/C=C(\C=C\OC)N(C=C(C)CCCCC)C(=O)CC.NCCc1ccccc1. The fraction of sp³-hybridized carbons (Fsp3) is 0.444. The lowest BCUT2D eigenvalue weighted by Crippen LogP contribution is -2.24. The summed E-state index contributed by atoms with van der Waals surface area (Å²) in [6, 6.07) is 10.3. The summed E-state index contributed by atoms with van der Waals surface area (Å²) in [5.74, 6) is 0.0753. The first kappa shape index (κ1) is 28.4. The number of hydrogen-bond donors (Lipinski definition) is 1. The van der Waals surface area contributed by atoms with Crippen LogP contribution in [0.15, 0.2) is 78.4 Å². The van der Waals surface area contributed by atoms with Gasteiger partial charge in [0.25, 0.3) is 0 Å². The molecule has 0 fully saturated rings. The van der Waals surface area contributed by atoms with Gasteiger partial charge in [-0.2, -0.15) is 0 Å². The van der Waals surface area contributed by atoms with Gasteiger partial charge in [0, 0.05) is 12.6 Å². The van der Waals surface area contributed by atoms with Crippen molar-refractivity contribution in [3.8, 4) is 0 Å². The van der Waals surface area contributed by atoms with Crippen LogP contribution in [0.5, 0.6) is 0 Å². The van der Waals surface area contributed by atoms with Crippen molar-refractivity contribution in [2.75, 3.05) is 13.7 Å². The van der Waals surface area contributed by atoms with Crippen molar-refractivity contribution < 1.29 is 9.53 Å². The third-order valence-corrected chi connectivity index (χ3v) is 4.48. The molecule has 4 nitrogen and oxygen atoms in total. The fourth-order valence-electron chi connectivity index (χ4n) is 2.76.